The van der Waals surface area contributed by atoms with E-state index >= 15 is 0 Å². The average molecular weight is 345 g/mol. The number of rotatable bonds is 4. The minimum absolute atomic E-state index is 0.0243. The highest BCUT2D eigenvalue weighted by Crippen LogP contribution is 2.35. The third-order valence-electron chi connectivity index (χ3n) is 2.83. The van der Waals surface area contributed by atoms with Gasteiger partial charge < -0.3 is 34.5 Å². The molecule has 0 radical (unpaired) electrons. The number of aliphatic hydroxyl groups is 1. The number of phosphoric ester groups is 1. The normalized spacial score (nSPS) is 21.5. The number of anilines is 1. The van der Waals surface area contributed by atoms with Gasteiger partial charge in [0.2, 0.25) is 0 Å². The Labute approximate surface area is 128 Å². The van der Waals surface area contributed by atoms with Crippen molar-refractivity contribution in [1.82, 2.24) is 9.55 Å². The quantitative estimate of drug-likeness (QED) is 0.477. The summed E-state index contributed by atoms with van der Waals surface area (Å²) < 4.78 is 33.9. The maximum Gasteiger partial charge on any atom is 0.352 e. The van der Waals surface area contributed by atoms with Crippen LogP contribution in [0.2, 0.25) is 0 Å². The summed E-state index contributed by atoms with van der Waals surface area (Å²) >= 11 is 0. The summed E-state index contributed by atoms with van der Waals surface area (Å²) in [4.78, 5) is 35.9. The number of aromatic nitrogens is 2. The molecule has 2 rings (SSSR count). The molecule has 12 heteroatoms. The van der Waals surface area contributed by atoms with E-state index in [0.29, 0.717) is 4.57 Å². The minimum Gasteiger partial charge on any atom is -0.790 e. The summed E-state index contributed by atoms with van der Waals surface area (Å²) in [6, 6.07) is 0. The molecule has 0 unspecified atom stereocenters. The zero-order valence-electron chi connectivity index (χ0n) is 11.2. The predicted molar refractivity (Wildman–Crippen MR) is 69.1 cm³/mol. The van der Waals surface area contributed by atoms with Gasteiger partial charge in [-0.1, -0.05) is 5.92 Å². The van der Waals surface area contributed by atoms with Gasteiger partial charge >= 0.3 is 5.69 Å². The van der Waals surface area contributed by atoms with Gasteiger partial charge in [-0.2, -0.15) is 4.98 Å². The number of halogens is 1. The molecule has 1 aliphatic heterocycles. The smallest absolute Gasteiger partial charge is 0.352 e. The number of aliphatic hydroxyl groups excluding tert-OH is 1. The largest absolute Gasteiger partial charge is 0.790 e. The van der Waals surface area contributed by atoms with Crippen LogP contribution in [0, 0.1) is 12.3 Å². The zero-order chi connectivity index (χ0) is 17.4. The Morgan fingerprint density at radius 3 is 2.87 bits per heavy atom. The van der Waals surface area contributed by atoms with Gasteiger partial charge in [0, 0.05) is 6.20 Å². The molecule has 10 nitrogen and oxygen atoms in total. The molecule has 1 aliphatic rings. The topological polar surface area (TPSA) is 163 Å². The number of terminal acetylenes is 1. The van der Waals surface area contributed by atoms with Crippen molar-refractivity contribution in [1.29, 1.82) is 0 Å². The van der Waals surface area contributed by atoms with Crippen molar-refractivity contribution < 1.29 is 33.1 Å². The lowest BCUT2D eigenvalue weighted by Gasteiger charge is -2.29. The van der Waals surface area contributed by atoms with Crippen molar-refractivity contribution in [2.24, 2.45) is 0 Å². The van der Waals surface area contributed by atoms with Gasteiger partial charge in [-0.05, 0) is 0 Å². The van der Waals surface area contributed by atoms with Crippen LogP contribution in [0.25, 0.3) is 0 Å². The molecule has 124 valence electrons. The molecule has 1 aromatic heterocycles. The number of ether oxygens (including phenoxy) is 1. The molecule has 0 saturated carbocycles. The molecule has 2 heterocycles. The second-order valence-corrected chi connectivity index (χ2v) is 5.48. The zero-order valence-corrected chi connectivity index (χ0v) is 12.1. The van der Waals surface area contributed by atoms with Crippen LogP contribution in [0.5, 0.6) is 0 Å². The predicted octanol–water partition coefficient (Wildman–Crippen LogP) is -1.71. The molecular formula is C11H9FN3O7P-2. The maximum atomic E-state index is 14.0. The summed E-state index contributed by atoms with van der Waals surface area (Å²) in [5, 5.41) is 9.56. The van der Waals surface area contributed by atoms with E-state index < -0.39 is 44.0 Å². The van der Waals surface area contributed by atoms with E-state index in [9.17, 15) is 28.6 Å². The molecule has 3 N–H and O–H groups in total. The maximum absolute atomic E-state index is 14.0. The van der Waals surface area contributed by atoms with Crippen LogP contribution in [0.15, 0.2) is 22.6 Å². The Kier molecular flexibility index (Phi) is 4.56. The minimum atomic E-state index is -5.35. The number of nitrogen functional groups attached to an aromatic ring is 1. The van der Waals surface area contributed by atoms with Gasteiger partial charge in [0.05, 0.1) is 20.0 Å². The first-order valence-electron chi connectivity index (χ1n) is 5.90. The lowest BCUT2D eigenvalue weighted by molar-refractivity contribution is -0.342. The van der Waals surface area contributed by atoms with Gasteiger partial charge in [-0.3, -0.25) is 4.57 Å². The number of nitrogens with zero attached hydrogens (tertiary/aromatic N) is 2. The Morgan fingerprint density at radius 1 is 1.65 bits per heavy atom. The van der Waals surface area contributed by atoms with Crippen molar-refractivity contribution in [3.63, 3.8) is 0 Å². The second-order valence-electron chi connectivity index (χ2n) is 4.33. The summed E-state index contributed by atoms with van der Waals surface area (Å²) in [6.07, 6.45) is 2.78. The van der Waals surface area contributed by atoms with Gasteiger partial charge in [-0.25, -0.2) is 9.18 Å². The first-order chi connectivity index (χ1) is 10.6. The Morgan fingerprint density at radius 2 is 2.30 bits per heavy atom. The van der Waals surface area contributed by atoms with Crippen LogP contribution in [0.4, 0.5) is 10.2 Å². The molecule has 1 aromatic rings. The fourth-order valence-corrected chi connectivity index (χ4v) is 2.10. The Hall–Kier alpha value is -2.22. The van der Waals surface area contributed by atoms with E-state index in [0.717, 1.165) is 6.20 Å². The average Bonchev–Trinajstić information content (AvgIpc) is 2.73. The molecule has 0 saturated heterocycles. The van der Waals surface area contributed by atoms with Crippen molar-refractivity contribution >= 4 is 13.6 Å². The van der Waals surface area contributed by atoms with E-state index in [1.54, 1.807) is 0 Å². The number of nitrogens with two attached hydrogens (primary N) is 1. The standard InChI is InChI=1S/C11H11FN3O7P/c1-2-5-3-15(11(17)14-9(5)13)10-7(12)8(16)6(22-10)4-21-23(18,19)20/h1,3,6,10,16H,4H2,(H2,13,14,17)(H2,18,19,20)/p-2/t6-,10-/m1/s1. The lowest BCUT2D eigenvalue weighted by atomic mass is 10.3. The van der Waals surface area contributed by atoms with E-state index in [1.165, 1.54) is 0 Å². The molecule has 0 aliphatic carbocycles. The molecule has 23 heavy (non-hydrogen) atoms. The molecule has 0 aromatic carbocycles. The van der Waals surface area contributed by atoms with Crippen molar-refractivity contribution in [2.75, 3.05) is 12.3 Å². The summed E-state index contributed by atoms with van der Waals surface area (Å²) in [6.45, 7) is -0.959. The molecule has 0 amide bonds. The highest BCUT2D eigenvalue weighted by atomic mass is 31.2. The fraction of sp³-hybridized carbons (Fsp3) is 0.273. The molecule has 0 spiro atoms. The molecule has 2 atom stereocenters. The Balaban J connectivity index is 2.32. The highest BCUT2D eigenvalue weighted by molar-refractivity contribution is 7.43. The molecule has 0 bridgehead atoms. The van der Waals surface area contributed by atoms with Crippen molar-refractivity contribution in [3.05, 3.63) is 33.8 Å². The van der Waals surface area contributed by atoms with E-state index in [-0.39, 0.29) is 11.4 Å². The number of hydrogen-bond donors (Lipinski definition) is 2. The fourth-order valence-electron chi connectivity index (χ4n) is 1.79. The van der Waals surface area contributed by atoms with Gasteiger partial charge in [0.25, 0.3) is 0 Å². The van der Waals surface area contributed by atoms with Crippen LogP contribution in [-0.2, 0) is 13.8 Å². The third-order valence-corrected chi connectivity index (χ3v) is 3.30. The Bertz CT molecular complexity index is 809. The van der Waals surface area contributed by atoms with Crippen LogP contribution in [-0.4, -0.2) is 27.4 Å². The van der Waals surface area contributed by atoms with Crippen molar-refractivity contribution in [3.8, 4) is 12.3 Å². The van der Waals surface area contributed by atoms with E-state index in [2.05, 4.69) is 15.4 Å². The van der Waals surface area contributed by atoms with Crippen molar-refractivity contribution in [2.45, 2.75) is 12.3 Å². The van der Waals surface area contributed by atoms with Gasteiger partial charge in [-0.15, -0.1) is 6.42 Å². The van der Waals surface area contributed by atoms with E-state index in [4.69, 9.17) is 16.9 Å². The van der Waals surface area contributed by atoms with Gasteiger partial charge in [0.15, 0.2) is 17.8 Å². The second kappa shape index (κ2) is 6.11. The van der Waals surface area contributed by atoms with Crippen LogP contribution in [0.1, 0.15) is 11.8 Å². The molecular weight excluding hydrogens is 336 g/mol. The van der Waals surface area contributed by atoms with Crippen LogP contribution >= 0.6 is 7.82 Å². The summed E-state index contributed by atoms with van der Waals surface area (Å²) in [5.74, 6) is -0.439. The van der Waals surface area contributed by atoms with Crippen LogP contribution < -0.4 is 21.2 Å². The summed E-state index contributed by atoms with van der Waals surface area (Å²) in [5.41, 5.74) is 4.36. The first kappa shape index (κ1) is 17.1. The SMILES string of the molecule is C#Cc1cn([C@@H]2O[C@H](COP(=O)([O-])[O-])C(O)=C2F)c(=O)nc1N. The monoisotopic (exact) mass is 345 g/mol. The third kappa shape index (κ3) is 3.58. The molecule has 0 fully saturated rings. The van der Waals surface area contributed by atoms with E-state index in [1.807, 2.05) is 0 Å². The number of hydrogen-bond acceptors (Lipinski definition) is 9. The number of phosphoric acid groups is 1. The lowest BCUT2D eigenvalue weighted by Crippen LogP contribution is -2.30. The highest BCUT2D eigenvalue weighted by Gasteiger charge is 2.38. The first-order valence-corrected chi connectivity index (χ1v) is 7.36. The van der Waals surface area contributed by atoms with Crippen LogP contribution in [0.3, 0.4) is 0 Å². The van der Waals surface area contributed by atoms with Gasteiger partial charge in [0.1, 0.15) is 11.9 Å². The summed E-state index contributed by atoms with van der Waals surface area (Å²) in [7, 11) is -5.35.